The van der Waals surface area contributed by atoms with Crippen LogP contribution in [0.5, 0.6) is 0 Å². The van der Waals surface area contributed by atoms with Gasteiger partial charge in [0.05, 0.1) is 12.3 Å². The summed E-state index contributed by atoms with van der Waals surface area (Å²) in [7, 11) is -2.92. The van der Waals surface area contributed by atoms with Gasteiger partial charge in [0.25, 0.3) is 0 Å². The van der Waals surface area contributed by atoms with Gasteiger partial charge in [-0.25, -0.2) is 8.42 Å². The van der Waals surface area contributed by atoms with Crippen molar-refractivity contribution in [3.05, 3.63) is 0 Å². The number of sulfone groups is 1. The SMILES string of the molecule is CS(=O)(=O)CCN1CCCN(CC(=O)O)CC1. The lowest BCUT2D eigenvalue weighted by Gasteiger charge is -2.20. The van der Waals surface area contributed by atoms with E-state index in [0.717, 1.165) is 26.1 Å². The van der Waals surface area contributed by atoms with E-state index in [-0.39, 0.29) is 12.3 Å². The van der Waals surface area contributed by atoms with E-state index < -0.39 is 15.8 Å². The molecule has 0 bridgehead atoms. The maximum absolute atomic E-state index is 11.1. The van der Waals surface area contributed by atoms with Crippen molar-refractivity contribution in [3.63, 3.8) is 0 Å². The lowest BCUT2D eigenvalue weighted by atomic mass is 10.4. The zero-order valence-electron chi connectivity index (χ0n) is 10.1. The molecule has 1 rings (SSSR count). The van der Waals surface area contributed by atoms with Crippen molar-refractivity contribution in [1.29, 1.82) is 0 Å². The smallest absolute Gasteiger partial charge is 0.317 e. The molecule has 0 unspecified atom stereocenters. The van der Waals surface area contributed by atoms with E-state index in [1.54, 1.807) is 0 Å². The number of rotatable bonds is 5. The molecule has 7 heteroatoms. The van der Waals surface area contributed by atoms with Crippen LogP contribution in [0.3, 0.4) is 0 Å². The molecule has 1 heterocycles. The highest BCUT2D eigenvalue weighted by molar-refractivity contribution is 7.90. The highest BCUT2D eigenvalue weighted by atomic mass is 32.2. The lowest BCUT2D eigenvalue weighted by molar-refractivity contribution is -0.138. The molecule has 0 aromatic rings. The molecule has 1 aliphatic rings. The van der Waals surface area contributed by atoms with Crippen molar-refractivity contribution in [2.24, 2.45) is 0 Å². The Morgan fingerprint density at radius 3 is 2.35 bits per heavy atom. The highest BCUT2D eigenvalue weighted by Crippen LogP contribution is 2.03. The van der Waals surface area contributed by atoms with Gasteiger partial charge in [0.15, 0.2) is 0 Å². The van der Waals surface area contributed by atoms with Crippen LogP contribution in [0.15, 0.2) is 0 Å². The molecule has 0 saturated carbocycles. The third-order valence-corrected chi connectivity index (χ3v) is 3.74. The maximum atomic E-state index is 11.1. The molecule has 0 aromatic carbocycles. The average molecular weight is 264 g/mol. The Bertz CT molecular complexity index is 355. The molecule has 0 spiro atoms. The van der Waals surface area contributed by atoms with Crippen LogP contribution in [0.1, 0.15) is 6.42 Å². The first-order valence-corrected chi connectivity index (χ1v) is 7.77. The number of carbonyl (C=O) groups is 1. The Labute approximate surface area is 102 Å². The Morgan fingerprint density at radius 2 is 1.76 bits per heavy atom. The van der Waals surface area contributed by atoms with Gasteiger partial charge in [-0.2, -0.15) is 0 Å². The minimum Gasteiger partial charge on any atom is -0.480 e. The largest absolute Gasteiger partial charge is 0.480 e. The van der Waals surface area contributed by atoms with Crippen molar-refractivity contribution in [2.45, 2.75) is 6.42 Å². The third kappa shape index (κ3) is 6.60. The molecule has 1 saturated heterocycles. The highest BCUT2D eigenvalue weighted by Gasteiger charge is 2.17. The molecular formula is C10H20N2O4S. The van der Waals surface area contributed by atoms with Crippen molar-refractivity contribution in [3.8, 4) is 0 Å². The average Bonchev–Trinajstić information content (AvgIpc) is 2.38. The van der Waals surface area contributed by atoms with Crippen molar-refractivity contribution >= 4 is 15.8 Å². The first kappa shape index (κ1) is 14.4. The molecule has 0 amide bonds. The van der Waals surface area contributed by atoms with Gasteiger partial charge < -0.3 is 10.0 Å². The van der Waals surface area contributed by atoms with Crippen LogP contribution in [0.4, 0.5) is 0 Å². The standard InChI is InChI=1S/C10H20N2O4S/c1-17(15,16)8-7-11-3-2-4-12(6-5-11)9-10(13)14/h2-9H2,1H3,(H,13,14). The molecule has 17 heavy (non-hydrogen) atoms. The molecule has 1 aliphatic heterocycles. The van der Waals surface area contributed by atoms with E-state index >= 15 is 0 Å². The summed E-state index contributed by atoms with van der Waals surface area (Å²) in [5.74, 6) is -0.638. The summed E-state index contributed by atoms with van der Waals surface area (Å²) in [6.07, 6.45) is 2.12. The molecule has 0 atom stereocenters. The predicted octanol–water partition coefficient (Wildman–Crippen LogP) is -0.877. The minimum absolute atomic E-state index is 0.0694. The van der Waals surface area contributed by atoms with Crippen molar-refractivity contribution in [2.75, 3.05) is 51.3 Å². The summed E-state index contributed by atoms with van der Waals surface area (Å²) in [5, 5.41) is 8.70. The van der Waals surface area contributed by atoms with Crippen LogP contribution in [0, 0.1) is 0 Å². The van der Waals surface area contributed by atoms with E-state index in [4.69, 9.17) is 5.11 Å². The van der Waals surface area contributed by atoms with Crippen LogP contribution >= 0.6 is 0 Å². The second-order valence-corrected chi connectivity index (χ2v) is 6.75. The van der Waals surface area contributed by atoms with Gasteiger partial charge in [-0.1, -0.05) is 0 Å². The summed E-state index contributed by atoms with van der Waals surface area (Å²) in [6.45, 7) is 3.64. The van der Waals surface area contributed by atoms with E-state index in [0.29, 0.717) is 13.1 Å². The number of hydrogen-bond donors (Lipinski definition) is 1. The third-order valence-electron chi connectivity index (χ3n) is 2.82. The monoisotopic (exact) mass is 264 g/mol. The zero-order valence-corrected chi connectivity index (χ0v) is 10.9. The first-order valence-electron chi connectivity index (χ1n) is 5.71. The fraction of sp³-hybridized carbons (Fsp3) is 0.900. The summed E-state index contributed by atoms with van der Waals surface area (Å²) < 4.78 is 22.1. The van der Waals surface area contributed by atoms with Gasteiger partial charge in [-0.15, -0.1) is 0 Å². The van der Waals surface area contributed by atoms with Gasteiger partial charge >= 0.3 is 5.97 Å². The van der Waals surface area contributed by atoms with Crippen LogP contribution in [-0.2, 0) is 14.6 Å². The topological polar surface area (TPSA) is 77.9 Å². The Kier molecular flexibility index (Phi) is 5.35. The van der Waals surface area contributed by atoms with Crippen LogP contribution < -0.4 is 0 Å². The maximum Gasteiger partial charge on any atom is 0.317 e. The molecule has 6 nitrogen and oxygen atoms in total. The number of carboxylic acid groups (broad SMARTS) is 1. The quantitative estimate of drug-likeness (QED) is 0.695. The van der Waals surface area contributed by atoms with Gasteiger partial charge in [-0.05, 0) is 13.0 Å². The van der Waals surface area contributed by atoms with E-state index in [1.807, 2.05) is 4.90 Å². The molecule has 1 fully saturated rings. The summed E-state index contributed by atoms with van der Waals surface area (Å²) in [6, 6.07) is 0. The van der Waals surface area contributed by atoms with Gasteiger partial charge in [-0.3, -0.25) is 9.69 Å². The summed E-state index contributed by atoms with van der Waals surface area (Å²) in [4.78, 5) is 14.6. The Balaban J connectivity index is 2.34. The molecule has 0 aromatic heterocycles. The second kappa shape index (κ2) is 6.32. The number of carboxylic acids is 1. The number of nitrogens with zero attached hydrogens (tertiary/aromatic N) is 2. The summed E-state index contributed by atoms with van der Waals surface area (Å²) >= 11 is 0. The van der Waals surface area contributed by atoms with Gasteiger partial charge in [0.1, 0.15) is 9.84 Å². The molecule has 100 valence electrons. The van der Waals surface area contributed by atoms with Gasteiger partial charge in [0, 0.05) is 32.4 Å². The number of aliphatic carboxylic acids is 1. The molecular weight excluding hydrogens is 244 g/mol. The minimum atomic E-state index is -2.92. The van der Waals surface area contributed by atoms with E-state index in [1.165, 1.54) is 6.26 Å². The van der Waals surface area contributed by atoms with E-state index in [9.17, 15) is 13.2 Å². The normalized spacial score (nSPS) is 20.1. The second-order valence-electron chi connectivity index (χ2n) is 4.49. The van der Waals surface area contributed by atoms with Crippen molar-refractivity contribution in [1.82, 2.24) is 9.80 Å². The molecule has 0 radical (unpaired) electrons. The zero-order chi connectivity index (χ0) is 12.9. The number of hydrogen-bond acceptors (Lipinski definition) is 5. The summed E-state index contributed by atoms with van der Waals surface area (Å²) in [5.41, 5.74) is 0. The van der Waals surface area contributed by atoms with Crippen LogP contribution in [0.25, 0.3) is 0 Å². The lowest BCUT2D eigenvalue weighted by Crippen LogP contribution is -2.35. The van der Waals surface area contributed by atoms with Crippen LogP contribution in [-0.4, -0.2) is 80.6 Å². The van der Waals surface area contributed by atoms with Gasteiger partial charge in [0.2, 0.25) is 0 Å². The fourth-order valence-electron chi connectivity index (χ4n) is 1.89. The predicted molar refractivity (Wildman–Crippen MR) is 64.8 cm³/mol. The van der Waals surface area contributed by atoms with Crippen LogP contribution in [0.2, 0.25) is 0 Å². The van der Waals surface area contributed by atoms with Crippen molar-refractivity contribution < 1.29 is 18.3 Å². The Hall–Kier alpha value is -0.660. The Morgan fingerprint density at radius 1 is 1.18 bits per heavy atom. The van der Waals surface area contributed by atoms with E-state index in [2.05, 4.69) is 4.90 Å². The molecule has 0 aliphatic carbocycles. The molecule has 1 N–H and O–H groups in total. The first-order chi connectivity index (χ1) is 7.87. The fourth-order valence-corrected chi connectivity index (χ4v) is 2.48.